The second-order valence-electron chi connectivity index (χ2n) is 4.66. The van der Waals surface area contributed by atoms with Gasteiger partial charge in [0.25, 0.3) is 0 Å². The zero-order chi connectivity index (χ0) is 16.9. The molecular formula is C14H11ClFN5O2S. The predicted molar refractivity (Wildman–Crippen MR) is 86.4 cm³/mol. The van der Waals surface area contributed by atoms with E-state index in [0.29, 0.717) is 23.1 Å². The molecule has 0 unspecified atom stereocenters. The summed E-state index contributed by atoms with van der Waals surface area (Å²) in [5, 5.41) is 14.4. The van der Waals surface area contributed by atoms with Crippen molar-refractivity contribution in [1.82, 2.24) is 20.2 Å². The SMILES string of the molecule is O=C(CSc1nnnn1Cc1ccco1)Nc1ccc(F)c(Cl)c1. The number of anilines is 1. The maximum Gasteiger partial charge on any atom is 0.234 e. The number of thioether (sulfide) groups is 1. The molecule has 10 heteroatoms. The van der Waals surface area contributed by atoms with Crippen molar-refractivity contribution in [1.29, 1.82) is 0 Å². The fourth-order valence-electron chi connectivity index (χ4n) is 1.85. The lowest BCUT2D eigenvalue weighted by Crippen LogP contribution is -2.15. The van der Waals surface area contributed by atoms with E-state index >= 15 is 0 Å². The molecule has 7 nitrogen and oxygen atoms in total. The largest absolute Gasteiger partial charge is 0.467 e. The van der Waals surface area contributed by atoms with Crippen molar-refractivity contribution in [3.05, 3.63) is 53.2 Å². The van der Waals surface area contributed by atoms with Crippen LogP contribution in [0.1, 0.15) is 5.76 Å². The maximum absolute atomic E-state index is 13.1. The molecule has 0 aliphatic rings. The molecule has 0 saturated carbocycles. The van der Waals surface area contributed by atoms with E-state index in [1.54, 1.807) is 18.4 Å². The summed E-state index contributed by atoms with van der Waals surface area (Å²) in [5.41, 5.74) is 0.419. The summed E-state index contributed by atoms with van der Waals surface area (Å²) >= 11 is 6.85. The number of benzene rings is 1. The number of carbonyl (C=O) groups is 1. The number of amides is 1. The number of nitrogens with zero attached hydrogens (tertiary/aromatic N) is 4. The van der Waals surface area contributed by atoms with E-state index in [9.17, 15) is 9.18 Å². The van der Waals surface area contributed by atoms with Gasteiger partial charge in [0.1, 0.15) is 18.1 Å². The Labute approximate surface area is 145 Å². The molecule has 0 aliphatic heterocycles. The highest BCUT2D eigenvalue weighted by atomic mass is 35.5. The smallest absolute Gasteiger partial charge is 0.234 e. The van der Waals surface area contributed by atoms with E-state index < -0.39 is 5.82 Å². The van der Waals surface area contributed by atoms with Gasteiger partial charge >= 0.3 is 0 Å². The van der Waals surface area contributed by atoms with Crippen LogP contribution in [0.2, 0.25) is 5.02 Å². The molecule has 0 atom stereocenters. The van der Waals surface area contributed by atoms with Gasteiger partial charge in [-0.05, 0) is 40.8 Å². The van der Waals surface area contributed by atoms with Gasteiger partial charge < -0.3 is 9.73 Å². The first-order chi connectivity index (χ1) is 11.6. The second-order valence-corrected chi connectivity index (χ2v) is 6.01. The molecular weight excluding hydrogens is 357 g/mol. The first-order valence-electron chi connectivity index (χ1n) is 6.78. The molecule has 2 heterocycles. The molecule has 3 aromatic rings. The molecule has 0 bridgehead atoms. The topological polar surface area (TPSA) is 85.8 Å². The van der Waals surface area contributed by atoms with Gasteiger partial charge in [-0.1, -0.05) is 23.4 Å². The third-order valence-electron chi connectivity index (χ3n) is 2.92. The number of hydrogen-bond donors (Lipinski definition) is 1. The Balaban J connectivity index is 1.56. The van der Waals surface area contributed by atoms with Crippen LogP contribution >= 0.6 is 23.4 Å². The van der Waals surface area contributed by atoms with E-state index in [1.807, 2.05) is 0 Å². The summed E-state index contributed by atoms with van der Waals surface area (Å²) in [4.78, 5) is 12.0. The minimum Gasteiger partial charge on any atom is -0.467 e. The fraction of sp³-hybridized carbons (Fsp3) is 0.143. The van der Waals surface area contributed by atoms with Crippen LogP contribution in [0.4, 0.5) is 10.1 Å². The van der Waals surface area contributed by atoms with Crippen molar-refractivity contribution in [2.45, 2.75) is 11.7 Å². The minimum absolute atomic E-state index is 0.0529. The Kier molecular flexibility index (Phi) is 5.11. The van der Waals surface area contributed by atoms with E-state index in [1.165, 1.54) is 34.6 Å². The summed E-state index contributed by atoms with van der Waals surface area (Å²) in [6.07, 6.45) is 1.56. The lowest BCUT2D eigenvalue weighted by atomic mass is 10.3. The lowest BCUT2D eigenvalue weighted by Gasteiger charge is -2.06. The van der Waals surface area contributed by atoms with E-state index in [2.05, 4.69) is 20.8 Å². The molecule has 0 spiro atoms. The van der Waals surface area contributed by atoms with Gasteiger partial charge in [0, 0.05) is 5.69 Å². The predicted octanol–water partition coefficient (Wildman–Crippen LogP) is 2.84. The molecule has 0 saturated heterocycles. The van der Waals surface area contributed by atoms with Crippen LogP contribution in [0.5, 0.6) is 0 Å². The zero-order valence-electron chi connectivity index (χ0n) is 12.1. The lowest BCUT2D eigenvalue weighted by molar-refractivity contribution is -0.113. The van der Waals surface area contributed by atoms with Gasteiger partial charge in [-0.15, -0.1) is 5.10 Å². The van der Waals surface area contributed by atoms with Gasteiger partial charge in [0.05, 0.1) is 17.0 Å². The van der Waals surface area contributed by atoms with Gasteiger partial charge in [-0.2, -0.15) is 0 Å². The number of furan rings is 1. The molecule has 3 rings (SSSR count). The molecule has 1 N–H and O–H groups in total. The van der Waals surface area contributed by atoms with E-state index in [4.69, 9.17) is 16.0 Å². The van der Waals surface area contributed by atoms with Crippen molar-refractivity contribution in [3.8, 4) is 0 Å². The number of rotatable bonds is 6. The number of halogens is 2. The number of nitrogens with one attached hydrogen (secondary N) is 1. The Morgan fingerprint density at radius 1 is 1.42 bits per heavy atom. The Bertz CT molecular complexity index is 840. The first kappa shape index (κ1) is 16.5. The molecule has 124 valence electrons. The summed E-state index contributed by atoms with van der Waals surface area (Å²) in [5.74, 6) is -0.0287. The summed E-state index contributed by atoms with van der Waals surface area (Å²) in [6.45, 7) is 0.373. The number of tetrazole rings is 1. The number of aromatic nitrogens is 4. The monoisotopic (exact) mass is 367 g/mol. The minimum atomic E-state index is -0.541. The van der Waals surface area contributed by atoms with Crippen molar-refractivity contribution < 1.29 is 13.6 Å². The summed E-state index contributed by atoms with van der Waals surface area (Å²) < 4.78 is 19.9. The normalized spacial score (nSPS) is 10.8. The van der Waals surface area contributed by atoms with Crippen molar-refractivity contribution >= 4 is 35.0 Å². The molecule has 24 heavy (non-hydrogen) atoms. The second kappa shape index (κ2) is 7.45. The number of carbonyl (C=O) groups excluding carboxylic acids is 1. The van der Waals surface area contributed by atoms with Crippen molar-refractivity contribution in [2.24, 2.45) is 0 Å². The molecule has 1 aromatic carbocycles. The standard InChI is InChI=1S/C14H11ClFN5O2S/c15-11-6-9(3-4-12(11)16)17-13(22)8-24-14-18-19-20-21(14)7-10-2-1-5-23-10/h1-6H,7-8H2,(H,17,22). The van der Waals surface area contributed by atoms with Crippen molar-refractivity contribution in [3.63, 3.8) is 0 Å². The van der Waals surface area contributed by atoms with Gasteiger partial charge in [-0.3, -0.25) is 4.79 Å². The molecule has 0 radical (unpaired) electrons. The third kappa shape index (κ3) is 4.12. The van der Waals surface area contributed by atoms with Crippen LogP contribution < -0.4 is 5.32 Å². The van der Waals surface area contributed by atoms with E-state index in [-0.39, 0.29) is 16.7 Å². The van der Waals surface area contributed by atoms with Crippen LogP contribution in [0, 0.1) is 5.82 Å². The van der Waals surface area contributed by atoms with Crippen molar-refractivity contribution in [2.75, 3.05) is 11.1 Å². The van der Waals surface area contributed by atoms with Crippen LogP contribution in [-0.4, -0.2) is 31.9 Å². The molecule has 0 fully saturated rings. The Morgan fingerprint density at radius 2 is 2.29 bits per heavy atom. The van der Waals surface area contributed by atoms with Gasteiger partial charge in [0.2, 0.25) is 11.1 Å². The highest BCUT2D eigenvalue weighted by Crippen LogP contribution is 2.20. The maximum atomic E-state index is 13.1. The highest BCUT2D eigenvalue weighted by Gasteiger charge is 2.12. The zero-order valence-corrected chi connectivity index (χ0v) is 13.7. The van der Waals surface area contributed by atoms with Gasteiger partial charge in [-0.25, -0.2) is 9.07 Å². The quantitative estimate of drug-likeness (QED) is 0.674. The number of hydrogen-bond acceptors (Lipinski definition) is 6. The van der Waals surface area contributed by atoms with Gasteiger partial charge in [0.15, 0.2) is 0 Å². The van der Waals surface area contributed by atoms with Crippen LogP contribution in [0.15, 0.2) is 46.2 Å². The summed E-state index contributed by atoms with van der Waals surface area (Å²) in [7, 11) is 0. The van der Waals surface area contributed by atoms with E-state index in [0.717, 1.165) is 0 Å². The van der Waals surface area contributed by atoms with Crippen LogP contribution in [0.3, 0.4) is 0 Å². The third-order valence-corrected chi connectivity index (χ3v) is 4.17. The fourth-order valence-corrected chi connectivity index (χ4v) is 2.71. The van der Waals surface area contributed by atoms with Crippen LogP contribution in [-0.2, 0) is 11.3 Å². The molecule has 1 amide bonds. The first-order valence-corrected chi connectivity index (χ1v) is 8.14. The Morgan fingerprint density at radius 3 is 3.04 bits per heavy atom. The Hall–Kier alpha value is -2.39. The highest BCUT2D eigenvalue weighted by molar-refractivity contribution is 7.99. The average Bonchev–Trinajstić information content (AvgIpc) is 3.21. The molecule has 0 aliphatic carbocycles. The molecule has 2 aromatic heterocycles. The average molecular weight is 368 g/mol. The van der Waals surface area contributed by atoms with Crippen LogP contribution in [0.25, 0.3) is 0 Å². The summed E-state index contributed by atoms with van der Waals surface area (Å²) in [6, 6.07) is 7.55.